The fourth-order valence-electron chi connectivity index (χ4n) is 0.847. The number of carbonyl (C=O) groups is 1. The number of nitriles is 1. The number of pyridine rings is 1. The molecule has 0 radical (unpaired) electrons. The van der Waals surface area contributed by atoms with E-state index < -0.39 is 11.5 Å². The van der Waals surface area contributed by atoms with E-state index in [-0.39, 0.29) is 5.56 Å². The predicted octanol–water partition coefficient (Wildman–Crippen LogP) is 0.344. The van der Waals surface area contributed by atoms with Gasteiger partial charge in [-0.25, -0.2) is 4.79 Å². The van der Waals surface area contributed by atoms with Crippen molar-refractivity contribution in [2.75, 3.05) is 0 Å². The molecule has 0 unspecified atom stereocenters. The van der Waals surface area contributed by atoms with Crippen molar-refractivity contribution >= 4 is 12.0 Å². The molecule has 1 aromatic heterocycles. The van der Waals surface area contributed by atoms with E-state index in [2.05, 4.69) is 4.98 Å². The first-order valence-electron chi connectivity index (χ1n) is 3.67. The van der Waals surface area contributed by atoms with Crippen molar-refractivity contribution in [1.29, 1.82) is 5.26 Å². The van der Waals surface area contributed by atoms with Crippen LogP contribution < -0.4 is 5.56 Å². The van der Waals surface area contributed by atoms with Crippen LogP contribution in [0.15, 0.2) is 23.1 Å². The van der Waals surface area contributed by atoms with Crippen molar-refractivity contribution in [2.24, 2.45) is 0 Å². The third-order valence-electron chi connectivity index (χ3n) is 1.46. The second-order valence-corrected chi connectivity index (χ2v) is 2.46. The highest BCUT2D eigenvalue weighted by Gasteiger charge is 1.98. The fraction of sp³-hybridized carbons (Fsp3) is 0. The highest BCUT2D eigenvalue weighted by molar-refractivity contribution is 5.85. The SMILES string of the molecule is N#Cc1cc(C=CC(=O)O)c[nH]c1=O. The average Bonchev–Trinajstić information content (AvgIpc) is 2.16. The van der Waals surface area contributed by atoms with Gasteiger partial charge in [-0.2, -0.15) is 5.26 Å². The first kappa shape index (κ1) is 9.74. The molecule has 14 heavy (non-hydrogen) atoms. The van der Waals surface area contributed by atoms with E-state index in [0.29, 0.717) is 5.56 Å². The molecule has 0 spiro atoms. The van der Waals surface area contributed by atoms with Crippen LogP contribution in [0.1, 0.15) is 11.1 Å². The Kier molecular flexibility index (Phi) is 2.82. The standard InChI is InChI=1S/C9H6N2O3/c10-4-7-3-6(1-2-8(12)13)5-11-9(7)14/h1-3,5H,(H,11,14)(H,12,13). The lowest BCUT2D eigenvalue weighted by molar-refractivity contribution is -0.131. The number of rotatable bonds is 2. The zero-order valence-electron chi connectivity index (χ0n) is 7.02. The van der Waals surface area contributed by atoms with Crippen LogP contribution in [0.2, 0.25) is 0 Å². The lowest BCUT2D eigenvalue weighted by Gasteiger charge is -1.92. The molecule has 1 heterocycles. The maximum Gasteiger partial charge on any atom is 0.328 e. The van der Waals surface area contributed by atoms with E-state index >= 15 is 0 Å². The average molecular weight is 190 g/mol. The Morgan fingerprint density at radius 1 is 1.64 bits per heavy atom. The Morgan fingerprint density at radius 3 is 2.93 bits per heavy atom. The minimum atomic E-state index is -1.09. The van der Waals surface area contributed by atoms with Gasteiger partial charge in [0.15, 0.2) is 0 Å². The van der Waals surface area contributed by atoms with Crippen LogP contribution >= 0.6 is 0 Å². The van der Waals surface area contributed by atoms with Crippen LogP contribution in [0.25, 0.3) is 6.08 Å². The van der Waals surface area contributed by atoms with Crippen molar-refractivity contribution in [3.8, 4) is 6.07 Å². The Balaban J connectivity index is 3.09. The lowest BCUT2D eigenvalue weighted by atomic mass is 10.2. The van der Waals surface area contributed by atoms with Gasteiger partial charge in [-0.05, 0) is 17.7 Å². The summed E-state index contributed by atoms with van der Waals surface area (Å²) in [6, 6.07) is 3.02. The van der Waals surface area contributed by atoms with Gasteiger partial charge < -0.3 is 10.1 Å². The van der Waals surface area contributed by atoms with Crippen LogP contribution in [0, 0.1) is 11.3 Å². The van der Waals surface area contributed by atoms with Gasteiger partial charge in [-0.1, -0.05) is 0 Å². The van der Waals surface area contributed by atoms with Gasteiger partial charge in [0.25, 0.3) is 5.56 Å². The molecule has 0 bridgehead atoms. The Hall–Kier alpha value is -2.35. The van der Waals surface area contributed by atoms with Crippen molar-refractivity contribution in [1.82, 2.24) is 4.98 Å². The Bertz CT molecular complexity index is 480. The number of nitrogens with one attached hydrogen (secondary N) is 1. The third-order valence-corrected chi connectivity index (χ3v) is 1.46. The summed E-state index contributed by atoms with van der Waals surface area (Å²) in [4.78, 5) is 23.4. The molecule has 0 fully saturated rings. The normalized spacial score (nSPS) is 9.93. The summed E-state index contributed by atoms with van der Waals surface area (Å²) in [5.74, 6) is -1.09. The zero-order chi connectivity index (χ0) is 10.6. The van der Waals surface area contributed by atoms with Crippen LogP contribution in [-0.4, -0.2) is 16.1 Å². The minimum Gasteiger partial charge on any atom is -0.478 e. The monoisotopic (exact) mass is 190 g/mol. The van der Waals surface area contributed by atoms with E-state index in [1.807, 2.05) is 0 Å². The molecule has 0 aliphatic heterocycles. The number of aromatic amines is 1. The van der Waals surface area contributed by atoms with Crippen molar-refractivity contribution in [2.45, 2.75) is 0 Å². The second-order valence-electron chi connectivity index (χ2n) is 2.46. The van der Waals surface area contributed by atoms with Crippen molar-refractivity contribution in [3.05, 3.63) is 39.8 Å². The number of hydrogen-bond acceptors (Lipinski definition) is 3. The van der Waals surface area contributed by atoms with Crippen molar-refractivity contribution < 1.29 is 9.90 Å². The quantitative estimate of drug-likeness (QED) is 0.657. The second kappa shape index (κ2) is 4.05. The first-order valence-corrected chi connectivity index (χ1v) is 3.67. The van der Waals surface area contributed by atoms with Crippen LogP contribution in [-0.2, 0) is 4.79 Å². The Morgan fingerprint density at radius 2 is 2.36 bits per heavy atom. The summed E-state index contributed by atoms with van der Waals surface area (Å²) in [7, 11) is 0. The van der Waals surface area contributed by atoms with Crippen molar-refractivity contribution in [3.63, 3.8) is 0 Å². The summed E-state index contributed by atoms with van der Waals surface area (Å²) in [5.41, 5.74) is -0.0685. The summed E-state index contributed by atoms with van der Waals surface area (Å²) in [6.45, 7) is 0. The third kappa shape index (κ3) is 2.32. The predicted molar refractivity (Wildman–Crippen MR) is 48.4 cm³/mol. The van der Waals surface area contributed by atoms with E-state index in [0.717, 1.165) is 6.08 Å². The van der Waals surface area contributed by atoms with Crippen LogP contribution in [0.4, 0.5) is 0 Å². The number of aliphatic carboxylic acids is 1. The molecule has 0 aliphatic carbocycles. The molecule has 1 aromatic rings. The van der Waals surface area contributed by atoms with Gasteiger partial charge in [0.1, 0.15) is 11.6 Å². The van der Waals surface area contributed by atoms with E-state index in [9.17, 15) is 9.59 Å². The van der Waals surface area contributed by atoms with Gasteiger partial charge in [0.05, 0.1) is 0 Å². The van der Waals surface area contributed by atoms with E-state index in [1.165, 1.54) is 18.3 Å². The highest BCUT2D eigenvalue weighted by atomic mass is 16.4. The first-order chi connectivity index (χ1) is 6.63. The molecular formula is C9H6N2O3. The number of hydrogen-bond donors (Lipinski definition) is 2. The topological polar surface area (TPSA) is 93.9 Å². The van der Waals surface area contributed by atoms with E-state index in [4.69, 9.17) is 10.4 Å². The minimum absolute atomic E-state index is 0.0439. The molecule has 5 nitrogen and oxygen atoms in total. The maximum absolute atomic E-state index is 10.9. The Labute approximate surface area is 78.9 Å². The lowest BCUT2D eigenvalue weighted by Crippen LogP contribution is -2.08. The molecule has 70 valence electrons. The molecule has 1 rings (SSSR count). The fourth-order valence-corrected chi connectivity index (χ4v) is 0.847. The van der Waals surface area contributed by atoms with Gasteiger partial charge >= 0.3 is 5.97 Å². The summed E-state index contributed by atoms with van der Waals surface area (Å²) >= 11 is 0. The van der Waals surface area contributed by atoms with Gasteiger partial charge in [-0.3, -0.25) is 4.79 Å². The molecular weight excluding hydrogens is 184 g/mol. The molecule has 2 N–H and O–H groups in total. The molecule has 0 amide bonds. The van der Waals surface area contributed by atoms with E-state index in [1.54, 1.807) is 6.07 Å². The molecule has 0 saturated carbocycles. The summed E-state index contributed by atoms with van der Waals surface area (Å²) in [6.07, 6.45) is 3.55. The van der Waals surface area contributed by atoms with Crippen LogP contribution in [0.3, 0.4) is 0 Å². The molecule has 0 aromatic carbocycles. The number of aromatic nitrogens is 1. The number of carboxylic acids is 1. The smallest absolute Gasteiger partial charge is 0.328 e. The molecule has 5 heteroatoms. The molecule has 0 atom stereocenters. The number of nitrogens with zero attached hydrogens (tertiary/aromatic N) is 1. The number of carboxylic acid groups (broad SMARTS) is 1. The van der Waals surface area contributed by atoms with Gasteiger partial charge in [0, 0.05) is 12.3 Å². The summed E-state index contributed by atoms with van der Waals surface area (Å²) in [5, 5.41) is 16.8. The van der Waals surface area contributed by atoms with Gasteiger partial charge in [0.2, 0.25) is 0 Å². The maximum atomic E-state index is 10.9. The van der Waals surface area contributed by atoms with Gasteiger partial charge in [-0.15, -0.1) is 0 Å². The number of H-pyrrole nitrogens is 1. The molecule has 0 saturated heterocycles. The highest BCUT2D eigenvalue weighted by Crippen LogP contribution is 1.99. The largest absolute Gasteiger partial charge is 0.478 e. The molecule has 0 aliphatic rings. The summed E-state index contributed by atoms with van der Waals surface area (Å²) < 4.78 is 0. The van der Waals surface area contributed by atoms with Crippen LogP contribution in [0.5, 0.6) is 0 Å². The zero-order valence-corrected chi connectivity index (χ0v) is 7.02.